The Hall–Kier alpha value is -2.87. The van der Waals surface area contributed by atoms with Crippen LogP contribution in [-0.4, -0.2) is 9.97 Å². The second-order valence-corrected chi connectivity index (χ2v) is 9.48. The summed E-state index contributed by atoms with van der Waals surface area (Å²) in [5.74, 6) is 1.95. The van der Waals surface area contributed by atoms with Crippen molar-refractivity contribution >= 4 is 10.9 Å². The van der Waals surface area contributed by atoms with Gasteiger partial charge in [0, 0.05) is 34.0 Å². The highest BCUT2D eigenvalue weighted by molar-refractivity contribution is 6.07. The third kappa shape index (κ3) is 2.66. The van der Waals surface area contributed by atoms with E-state index in [1.54, 1.807) is 0 Å². The molecule has 0 aliphatic heterocycles. The molecule has 148 valence electrons. The summed E-state index contributed by atoms with van der Waals surface area (Å²) in [6.07, 6.45) is 7.74. The SMILES string of the molecule is c1ccc(-c2c(C3CC3)nc(C3CC3)c3c(-c4ccccc4)c(C4CC4)[nH]c23)cc1. The molecule has 0 unspecified atom stereocenters. The van der Waals surface area contributed by atoms with Gasteiger partial charge in [0.25, 0.3) is 0 Å². The first-order valence-electron chi connectivity index (χ1n) is 11.6. The van der Waals surface area contributed by atoms with Crippen molar-refractivity contribution in [1.82, 2.24) is 9.97 Å². The zero-order valence-electron chi connectivity index (χ0n) is 17.2. The fourth-order valence-electron chi connectivity index (χ4n) is 5.12. The molecule has 3 saturated carbocycles. The van der Waals surface area contributed by atoms with E-state index in [-0.39, 0.29) is 0 Å². The lowest BCUT2D eigenvalue weighted by atomic mass is 9.93. The number of fused-ring (bicyclic) bond motifs is 1. The van der Waals surface area contributed by atoms with Crippen molar-refractivity contribution < 1.29 is 0 Å². The molecule has 7 rings (SSSR count). The molecule has 3 aliphatic rings. The first-order valence-corrected chi connectivity index (χ1v) is 11.6. The zero-order valence-corrected chi connectivity index (χ0v) is 17.2. The molecule has 1 N–H and O–H groups in total. The lowest BCUT2D eigenvalue weighted by Crippen LogP contribution is -1.99. The number of benzene rings is 2. The van der Waals surface area contributed by atoms with Crippen LogP contribution in [0.25, 0.3) is 33.2 Å². The third-order valence-corrected chi connectivity index (χ3v) is 7.07. The van der Waals surface area contributed by atoms with Crippen molar-refractivity contribution in [3.63, 3.8) is 0 Å². The van der Waals surface area contributed by atoms with E-state index in [9.17, 15) is 0 Å². The predicted octanol–water partition coefficient (Wildman–Crippen LogP) is 7.53. The van der Waals surface area contributed by atoms with Gasteiger partial charge in [-0.15, -0.1) is 0 Å². The van der Waals surface area contributed by atoms with Crippen molar-refractivity contribution in [3.05, 3.63) is 77.7 Å². The lowest BCUT2D eigenvalue weighted by molar-refractivity contribution is 0.958. The first kappa shape index (κ1) is 16.9. The molecule has 4 aromatic rings. The predicted molar refractivity (Wildman–Crippen MR) is 123 cm³/mol. The molecule has 2 aromatic carbocycles. The highest BCUT2D eigenvalue weighted by Gasteiger charge is 2.38. The van der Waals surface area contributed by atoms with Gasteiger partial charge in [-0.05, 0) is 55.6 Å². The number of hydrogen-bond donors (Lipinski definition) is 1. The topological polar surface area (TPSA) is 28.7 Å². The van der Waals surface area contributed by atoms with Gasteiger partial charge in [-0.2, -0.15) is 0 Å². The van der Waals surface area contributed by atoms with Gasteiger partial charge in [0.05, 0.1) is 16.9 Å². The number of aromatic nitrogens is 2. The summed E-state index contributed by atoms with van der Waals surface area (Å²) in [6.45, 7) is 0. The summed E-state index contributed by atoms with van der Waals surface area (Å²) in [4.78, 5) is 9.46. The maximum Gasteiger partial charge on any atom is 0.0579 e. The molecule has 0 radical (unpaired) electrons. The number of nitrogens with one attached hydrogen (secondary N) is 1. The molecule has 0 amide bonds. The largest absolute Gasteiger partial charge is 0.357 e. The summed E-state index contributed by atoms with van der Waals surface area (Å²) < 4.78 is 0. The minimum atomic E-state index is 0.634. The van der Waals surface area contributed by atoms with Gasteiger partial charge >= 0.3 is 0 Å². The molecule has 0 saturated heterocycles. The molecular weight excluding hydrogens is 364 g/mol. The van der Waals surface area contributed by atoms with Gasteiger partial charge < -0.3 is 4.98 Å². The molecule has 0 spiro atoms. The smallest absolute Gasteiger partial charge is 0.0579 e. The van der Waals surface area contributed by atoms with Crippen LogP contribution in [0.5, 0.6) is 0 Å². The Balaban J connectivity index is 1.62. The Labute approximate surface area is 177 Å². The van der Waals surface area contributed by atoms with Gasteiger partial charge in [-0.1, -0.05) is 60.7 Å². The Kier molecular flexibility index (Phi) is 3.55. The average molecular weight is 391 g/mol. The minimum Gasteiger partial charge on any atom is -0.357 e. The Bertz CT molecular complexity index is 1240. The Morgan fingerprint density at radius 3 is 1.70 bits per heavy atom. The molecular formula is C28H26N2. The van der Waals surface area contributed by atoms with Crippen molar-refractivity contribution in [1.29, 1.82) is 0 Å². The van der Waals surface area contributed by atoms with Crippen LogP contribution in [0.3, 0.4) is 0 Å². The van der Waals surface area contributed by atoms with Crippen LogP contribution in [0.4, 0.5) is 0 Å². The van der Waals surface area contributed by atoms with E-state index >= 15 is 0 Å². The highest BCUT2D eigenvalue weighted by atomic mass is 14.8. The third-order valence-electron chi connectivity index (χ3n) is 7.07. The van der Waals surface area contributed by atoms with E-state index in [2.05, 4.69) is 65.6 Å². The maximum atomic E-state index is 5.46. The van der Waals surface area contributed by atoms with Crippen molar-refractivity contribution in [2.45, 2.75) is 56.3 Å². The highest BCUT2D eigenvalue weighted by Crippen LogP contribution is 2.54. The van der Waals surface area contributed by atoms with Gasteiger partial charge in [-0.3, -0.25) is 4.98 Å². The molecule has 2 aromatic heterocycles. The second kappa shape index (κ2) is 6.31. The number of rotatable bonds is 5. The van der Waals surface area contributed by atoms with E-state index in [1.165, 1.54) is 88.8 Å². The fraction of sp³-hybridized carbons (Fsp3) is 0.321. The fourth-order valence-corrected chi connectivity index (χ4v) is 5.12. The molecule has 2 heteroatoms. The van der Waals surface area contributed by atoms with E-state index < -0.39 is 0 Å². The van der Waals surface area contributed by atoms with Gasteiger partial charge in [0.1, 0.15) is 0 Å². The van der Waals surface area contributed by atoms with Crippen LogP contribution in [0.1, 0.15) is 73.4 Å². The second-order valence-electron chi connectivity index (χ2n) is 9.48. The Morgan fingerprint density at radius 1 is 0.600 bits per heavy atom. The van der Waals surface area contributed by atoms with Gasteiger partial charge in [0.2, 0.25) is 0 Å². The number of pyridine rings is 1. The molecule has 30 heavy (non-hydrogen) atoms. The van der Waals surface area contributed by atoms with Crippen molar-refractivity contribution in [2.24, 2.45) is 0 Å². The van der Waals surface area contributed by atoms with Crippen LogP contribution >= 0.6 is 0 Å². The van der Waals surface area contributed by atoms with Crippen molar-refractivity contribution in [2.75, 3.05) is 0 Å². The molecule has 2 nitrogen and oxygen atoms in total. The quantitative estimate of drug-likeness (QED) is 0.375. The number of nitrogens with zero attached hydrogens (tertiary/aromatic N) is 1. The summed E-state index contributed by atoms with van der Waals surface area (Å²) >= 11 is 0. The zero-order chi connectivity index (χ0) is 19.7. The molecule has 0 atom stereocenters. The monoisotopic (exact) mass is 390 g/mol. The van der Waals surface area contributed by atoms with E-state index in [1.807, 2.05) is 0 Å². The number of aromatic amines is 1. The Morgan fingerprint density at radius 2 is 1.13 bits per heavy atom. The molecule has 3 aliphatic carbocycles. The average Bonchev–Trinajstić information content (AvgIpc) is 3.64. The van der Waals surface area contributed by atoms with E-state index in [0.29, 0.717) is 17.8 Å². The van der Waals surface area contributed by atoms with Crippen LogP contribution in [0.15, 0.2) is 60.7 Å². The van der Waals surface area contributed by atoms with Crippen LogP contribution in [0, 0.1) is 0 Å². The first-order chi connectivity index (χ1) is 14.9. The molecule has 2 heterocycles. The van der Waals surface area contributed by atoms with E-state index in [0.717, 1.165) is 0 Å². The summed E-state index contributed by atoms with van der Waals surface area (Å²) in [5.41, 5.74) is 11.0. The van der Waals surface area contributed by atoms with Gasteiger partial charge in [-0.25, -0.2) is 0 Å². The number of H-pyrrole nitrogens is 1. The molecule has 3 fully saturated rings. The standard InChI is InChI=1S/C28H26N2/c1-3-7-17(8-4-1)22-24-27(21-15-16-21)29-26(20-13-14-20)23(18-9-5-2-6-10-18)28(24)30-25(22)19-11-12-19/h1-10,19-21,30H,11-16H2. The number of hydrogen-bond acceptors (Lipinski definition) is 1. The maximum absolute atomic E-state index is 5.46. The summed E-state index contributed by atoms with van der Waals surface area (Å²) in [6, 6.07) is 22.0. The van der Waals surface area contributed by atoms with Crippen LogP contribution in [0.2, 0.25) is 0 Å². The van der Waals surface area contributed by atoms with Crippen molar-refractivity contribution in [3.8, 4) is 22.3 Å². The normalized spacial score (nSPS) is 18.8. The molecule has 0 bridgehead atoms. The minimum absolute atomic E-state index is 0.634. The van der Waals surface area contributed by atoms with Crippen LogP contribution < -0.4 is 0 Å². The lowest BCUT2D eigenvalue weighted by Gasteiger charge is -2.15. The van der Waals surface area contributed by atoms with Gasteiger partial charge in [0.15, 0.2) is 0 Å². The summed E-state index contributed by atoms with van der Waals surface area (Å²) in [5, 5.41) is 1.41. The summed E-state index contributed by atoms with van der Waals surface area (Å²) in [7, 11) is 0. The van der Waals surface area contributed by atoms with Crippen LogP contribution in [-0.2, 0) is 0 Å². The van der Waals surface area contributed by atoms with E-state index in [4.69, 9.17) is 4.98 Å².